The number of hydrogen-bond acceptors (Lipinski definition) is 5. The number of methoxy groups -OCH3 is 1. The Hall–Kier alpha value is -2.19. The van der Waals surface area contributed by atoms with Crippen molar-refractivity contribution in [1.29, 1.82) is 0 Å². The van der Waals surface area contributed by atoms with Crippen LogP contribution in [-0.2, 0) is 10.0 Å². The zero-order valence-electron chi connectivity index (χ0n) is 12.0. The molecule has 0 atom stereocenters. The Kier molecular flexibility index (Phi) is 4.18. The van der Waals surface area contributed by atoms with Gasteiger partial charge < -0.3 is 4.74 Å². The first kappa shape index (κ1) is 15.7. The lowest BCUT2D eigenvalue weighted by molar-refractivity contribution is 0.397. The highest BCUT2D eigenvalue weighted by atomic mass is 79.9. The standard InChI is InChI=1S/C15H12BrN3O3S/c1-22-15-14(17-9-13(16)18-15)19-23(20,21)12-7-6-10-4-2-3-5-11(10)8-12/h2-9H,1H3,(H,17,19). The smallest absolute Gasteiger partial charge is 0.263 e. The van der Waals surface area contributed by atoms with E-state index < -0.39 is 10.0 Å². The lowest BCUT2D eigenvalue weighted by Crippen LogP contribution is -2.15. The molecule has 1 heterocycles. The van der Waals surface area contributed by atoms with Crippen LogP contribution >= 0.6 is 15.9 Å². The number of nitrogens with zero attached hydrogens (tertiary/aromatic N) is 2. The molecule has 3 rings (SSSR count). The van der Waals surface area contributed by atoms with Crippen molar-refractivity contribution in [3.05, 3.63) is 53.3 Å². The molecule has 1 N–H and O–H groups in total. The SMILES string of the molecule is COc1nc(Br)cnc1NS(=O)(=O)c1ccc2ccccc2c1. The fraction of sp³-hybridized carbons (Fsp3) is 0.0667. The van der Waals surface area contributed by atoms with Crippen LogP contribution in [-0.4, -0.2) is 25.5 Å². The molecule has 23 heavy (non-hydrogen) atoms. The number of sulfonamides is 1. The Balaban J connectivity index is 2.00. The number of hydrogen-bond donors (Lipinski definition) is 1. The Morgan fingerprint density at radius 1 is 1.13 bits per heavy atom. The molecule has 1 aromatic heterocycles. The zero-order chi connectivity index (χ0) is 16.4. The van der Waals surface area contributed by atoms with Gasteiger partial charge in [0, 0.05) is 0 Å². The number of halogens is 1. The number of rotatable bonds is 4. The molecule has 0 aliphatic heterocycles. The number of anilines is 1. The second-order valence-corrected chi connectivity index (χ2v) is 7.16. The molecule has 0 saturated heterocycles. The van der Waals surface area contributed by atoms with Crippen molar-refractivity contribution < 1.29 is 13.2 Å². The van der Waals surface area contributed by atoms with Crippen molar-refractivity contribution in [2.45, 2.75) is 4.90 Å². The molecule has 2 aromatic carbocycles. The van der Waals surface area contributed by atoms with Crippen molar-refractivity contribution in [3.63, 3.8) is 0 Å². The summed E-state index contributed by atoms with van der Waals surface area (Å²) in [5.41, 5.74) is 0. The summed E-state index contributed by atoms with van der Waals surface area (Å²) in [5.74, 6) is 0.118. The van der Waals surface area contributed by atoms with Crippen molar-refractivity contribution in [3.8, 4) is 5.88 Å². The van der Waals surface area contributed by atoms with E-state index in [0.29, 0.717) is 4.60 Å². The molecule has 0 fully saturated rings. The summed E-state index contributed by atoms with van der Waals surface area (Å²) in [6.45, 7) is 0. The third kappa shape index (κ3) is 3.27. The van der Waals surface area contributed by atoms with Gasteiger partial charge in [-0.05, 0) is 38.8 Å². The summed E-state index contributed by atoms with van der Waals surface area (Å²) in [5, 5.41) is 1.80. The highest BCUT2D eigenvalue weighted by Gasteiger charge is 2.19. The molecule has 0 radical (unpaired) electrons. The molecule has 0 aliphatic carbocycles. The van der Waals surface area contributed by atoms with Crippen molar-refractivity contribution >= 4 is 42.5 Å². The minimum absolute atomic E-state index is 0.0314. The normalized spacial score (nSPS) is 11.4. The summed E-state index contributed by atoms with van der Waals surface area (Å²) in [4.78, 5) is 8.16. The quantitative estimate of drug-likeness (QED) is 0.735. The van der Waals surface area contributed by atoms with Crippen LogP contribution in [0.1, 0.15) is 0 Å². The van der Waals surface area contributed by atoms with E-state index in [1.165, 1.54) is 13.3 Å². The van der Waals surface area contributed by atoms with Crippen LogP contribution in [0.3, 0.4) is 0 Å². The molecule has 0 aliphatic rings. The van der Waals surface area contributed by atoms with Gasteiger partial charge in [-0.25, -0.2) is 18.4 Å². The van der Waals surface area contributed by atoms with Gasteiger partial charge >= 0.3 is 0 Å². The van der Waals surface area contributed by atoms with Crippen LogP contribution in [0.15, 0.2) is 58.2 Å². The largest absolute Gasteiger partial charge is 0.478 e. The van der Waals surface area contributed by atoms with Gasteiger partial charge in [0.1, 0.15) is 4.60 Å². The summed E-state index contributed by atoms with van der Waals surface area (Å²) in [7, 11) is -2.40. The average Bonchev–Trinajstić information content (AvgIpc) is 2.55. The van der Waals surface area contributed by atoms with E-state index in [9.17, 15) is 8.42 Å². The van der Waals surface area contributed by atoms with Gasteiger partial charge in [0.15, 0.2) is 0 Å². The maximum Gasteiger partial charge on any atom is 0.263 e. The summed E-state index contributed by atoms with van der Waals surface area (Å²) in [6.07, 6.45) is 1.39. The fourth-order valence-electron chi connectivity index (χ4n) is 2.08. The predicted octanol–water partition coefficient (Wildman–Crippen LogP) is 3.20. The first-order chi connectivity index (χ1) is 11.0. The Bertz CT molecular complexity index is 977. The Labute approximate surface area is 141 Å². The average molecular weight is 394 g/mol. The molecule has 118 valence electrons. The van der Waals surface area contributed by atoms with E-state index in [1.54, 1.807) is 18.2 Å². The van der Waals surface area contributed by atoms with Gasteiger partial charge in [0.2, 0.25) is 5.82 Å². The van der Waals surface area contributed by atoms with Crippen molar-refractivity contribution in [2.75, 3.05) is 11.8 Å². The van der Waals surface area contributed by atoms with Crippen LogP contribution in [0.25, 0.3) is 10.8 Å². The van der Waals surface area contributed by atoms with E-state index in [2.05, 4.69) is 30.6 Å². The maximum absolute atomic E-state index is 12.6. The van der Waals surface area contributed by atoms with Crippen LogP contribution in [0.2, 0.25) is 0 Å². The number of fused-ring (bicyclic) bond motifs is 1. The van der Waals surface area contributed by atoms with Crippen LogP contribution in [0, 0.1) is 0 Å². The first-order valence-corrected chi connectivity index (χ1v) is 8.85. The molecule has 0 bridgehead atoms. The molecule has 0 spiro atoms. The van der Waals surface area contributed by atoms with Gasteiger partial charge in [0.25, 0.3) is 15.9 Å². The highest BCUT2D eigenvalue weighted by Crippen LogP contribution is 2.25. The van der Waals surface area contributed by atoms with Crippen molar-refractivity contribution in [1.82, 2.24) is 9.97 Å². The van der Waals surface area contributed by atoms with Crippen LogP contribution in [0.4, 0.5) is 5.82 Å². The van der Waals surface area contributed by atoms with Gasteiger partial charge in [-0.2, -0.15) is 0 Å². The number of aromatic nitrogens is 2. The summed E-state index contributed by atoms with van der Waals surface area (Å²) >= 11 is 3.16. The third-order valence-electron chi connectivity index (χ3n) is 3.17. The van der Waals surface area contributed by atoms with Crippen LogP contribution in [0.5, 0.6) is 5.88 Å². The molecule has 6 nitrogen and oxygen atoms in total. The summed E-state index contributed by atoms with van der Waals surface area (Å²) < 4.78 is 33.0. The second kappa shape index (κ2) is 6.13. The van der Waals surface area contributed by atoms with Crippen LogP contribution < -0.4 is 9.46 Å². The molecule has 0 amide bonds. The lowest BCUT2D eigenvalue weighted by Gasteiger charge is -2.10. The molecule has 0 saturated carbocycles. The lowest BCUT2D eigenvalue weighted by atomic mass is 10.1. The number of benzene rings is 2. The molecular weight excluding hydrogens is 382 g/mol. The van der Waals surface area contributed by atoms with Crippen molar-refractivity contribution in [2.24, 2.45) is 0 Å². The number of ether oxygens (including phenoxy) is 1. The number of nitrogens with one attached hydrogen (secondary N) is 1. The van der Waals surface area contributed by atoms with Gasteiger partial charge in [-0.3, -0.25) is 4.72 Å². The van der Waals surface area contributed by atoms with E-state index in [-0.39, 0.29) is 16.6 Å². The molecule has 8 heteroatoms. The van der Waals surface area contributed by atoms with E-state index >= 15 is 0 Å². The minimum Gasteiger partial charge on any atom is -0.478 e. The van der Waals surface area contributed by atoms with Gasteiger partial charge in [0.05, 0.1) is 18.2 Å². The third-order valence-corrected chi connectivity index (χ3v) is 4.89. The fourth-order valence-corrected chi connectivity index (χ4v) is 3.39. The topological polar surface area (TPSA) is 81.2 Å². The van der Waals surface area contributed by atoms with E-state index in [4.69, 9.17) is 4.74 Å². The van der Waals surface area contributed by atoms with E-state index in [0.717, 1.165) is 10.8 Å². The Morgan fingerprint density at radius 3 is 2.61 bits per heavy atom. The van der Waals surface area contributed by atoms with Gasteiger partial charge in [-0.1, -0.05) is 30.3 Å². The monoisotopic (exact) mass is 393 g/mol. The van der Waals surface area contributed by atoms with E-state index in [1.807, 2.05) is 24.3 Å². The highest BCUT2D eigenvalue weighted by molar-refractivity contribution is 9.10. The molecular formula is C15H12BrN3O3S. The first-order valence-electron chi connectivity index (χ1n) is 6.58. The predicted molar refractivity (Wildman–Crippen MR) is 91.0 cm³/mol. The molecule has 3 aromatic rings. The Morgan fingerprint density at radius 2 is 1.87 bits per heavy atom. The summed E-state index contributed by atoms with van der Waals surface area (Å²) in [6, 6.07) is 12.4. The minimum atomic E-state index is -3.80. The molecule has 0 unspecified atom stereocenters. The maximum atomic E-state index is 12.6. The second-order valence-electron chi connectivity index (χ2n) is 4.67. The van der Waals surface area contributed by atoms with Gasteiger partial charge in [-0.15, -0.1) is 0 Å². The zero-order valence-corrected chi connectivity index (χ0v) is 14.4.